The highest BCUT2D eigenvalue weighted by Crippen LogP contribution is 2.05. The topological polar surface area (TPSA) is 188 Å². The molecule has 160 valence electrons. The van der Waals surface area contributed by atoms with Gasteiger partial charge in [0.25, 0.3) is 0 Å². The Hall–Kier alpha value is -1.99. The number of nitrogens with two attached hydrogens (primary N) is 1. The van der Waals surface area contributed by atoms with Crippen LogP contribution in [0.2, 0.25) is 0 Å². The highest BCUT2D eigenvalue weighted by Gasteiger charge is 2.28. The van der Waals surface area contributed by atoms with Gasteiger partial charge in [-0.3, -0.25) is 24.0 Å². The summed E-state index contributed by atoms with van der Waals surface area (Å²) in [6, 6.07) is -3.18. The SMILES string of the molecule is CSCCC(NC(=O)C(N)CS)C(=O)NC(CCC(=O)O)C(=O)NCC(=O)O. The summed E-state index contributed by atoms with van der Waals surface area (Å²) in [5.41, 5.74) is 5.58. The van der Waals surface area contributed by atoms with Crippen LogP contribution in [0.25, 0.3) is 0 Å². The van der Waals surface area contributed by atoms with Crippen molar-refractivity contribution in [3.05, 3.63) is 0 Å². The van der Waals surface area contributed by atoms with Gasteiger partial charge in [-0.15, -0.1) is 0 Å². The first-order valence-corrected chi connectivity index (χ1v) is 10.3. The van der Waals surface area contributed by atoms with Crippen molar-refractivity contribution in [2.75, 3.05) is 24.3 Å². The number of thioether (sulfide) groups is 1. The number of hydrogen-bond acceptors (Lipinski definition) is 8. The second-order valence-corrected chi connectivity index (χ2v) is 7.09. The first-order chi connectivity index (χ1) is 13.1. The van der Waals surface area contributed by atoms with Gasteiger partial charge in [-0.25, -0.2) is 0 Å². The molecule has 3 unspecified atom stereocenters. The van der Waals surface area contributed by atoms with Crippen molar-refractivity contribution in [3.8, 4) is 0 Å². The van der Waals surface area contributed by atoms with E-state index in [1.165, 1.54) is 11.8 Å². The average Bonchev–Trinajstić information content (AvgIpc) is 2.64. The standard InChI is InChI=1S/C15H26N4O7S2/c1-28-5-4-10(18-13(24)8(16)7-27)15(26)19-9(2-3-11(20)21)14(25)17-6-12(22)23/h8-10,27H,2-7,16H2,1H3,(H,17,25)(H,18,24)(H,19,26)(H,20,21)(H,22,23). The molecule has 3 atom stereocenters. The summed E-state index contributed by atoms with van der Waals surface area (Å²) < 4.78 is 0. The number of thiol groups is 1. The number of carbonyl (C=O) groups excluding carboxylic acids is 3. The Morgan fingerprint density at radius 3 is 2.04 bits per heavy atom. The molecular formula is C15H26N4O7S2. The summed E-state index contributed by atoms with van der Waals surface area (Å²) in [5.74, 6) is -4.00. The zero-order valence-electron chi connectivity index (χ0n) is 15.3. The van der Waals surface area contributed by atoms with Crippen molar-refractivity contribution in [1.29, 1.82) is 0 Å². The summed E-state index contributed by atoms with van der Waals surface area (Å²) in [6.07, 6.45) is 1.40. The third-order valence-electron chi connectivity index (χ3n) is 3.47. The number of aliphatic carboxylic acids is 2. The molecule has 0 aromatic rings. The molecule has 0 spiro atoms. The molecule has 0 saturated heterocycles. The first kappa shape index (κ1) is 26.0. The average molecular weight is 439 g/mol. The van der Waals surface area contributed by atoms with E-state index in [0.717, 1.165) is 0 Å². The van der Waals surface area contributed by atoms with Crippen LogP contribution in [-0.4, -0.2) is 82.3 Å². The Morgan fingerprint density at radius 2 is 1.54 bits per heavy atom. The fraction of sp³-hybridized carbons (Fsp3) is 0.667. The molecule has 7 N–H and O–H groups in total. The number of carboxylic acids is 2. The summed E-state index contributed by atoms with van der Waals surface area (Å²) in [6.45, 7) is -0.679. The minimum Gasteiger partial charge on any atom is -0.481 e. The maximum atomic E-state index is 12.6. The number of rotatable bonds is 14. The van der Waals surface area contributed by atoms with Crippen LogP contribution in [0.15, 0.2) is 0 Å². The fourth-order valence-corrected chi connectivity index (χ4v) is 2.60. The molecule has 28 heavy (non-hydrogen) atoms. The van der Waals surface area contributed by atoms with Crippen LogP contribution in [0, 0.1) is 0 Å². The second kappa shape index (κ2) is 14.1. The van der Waals surface area contributed by atoms with E-state index in [1.807, 2.05) is 6.26 Å². The Morgan fingerprint density at radius 1 is 0.964 bits per heavy atom. The zero-order chi connectivity index (χ0) is 21.7. The van der Waals surface area contributed by atoms with E-state index in [4.69, 9.17) is 15.9 Å². The number of carbonyl (C=O) groups is 5. The molecule has 0 saturated carbocycles. The van der Waals surface area contributed by atoms with E-state index in [0.29, 0.717) is 5.75 Å². The van der Waals surface area contributed by atoms with Gasteiger partial charge in [-0.1, -0.05) is 0 Å². The third kappa shape index (κ3) is 11.0. The molecule has 13 heteroatoms. The molecule has 0 aliphatic rings. The van der Waals surface area contributed by atoms with Crippen LogP contribution < -0.4 is 21.7 Å². The molecule has 0 rings (SSSR count). The maximum Gasteiger partial charge on any atom is 0.322 e. The lowest BCUT2D eigenvalue weighted by atomic mass is 10.1. The quantitative estimate of drug-likeness (QED) is 0.151. The smallest absolute Gasteiger partial charge is 0.322 e. The Kier molecular flexibility index (Phi) is 13.1. The summed E-state index contributed by atoms with van der Waals surface area (Å²) in [5, 5.41) is 24.4. The minimum absolute atomic E-state index is 0.0710. The molecule has 0 aliphatic carbocycles. The number of amides is 3. The van der Waals surface area contributed by atoms with Crippen LogP contribution in [0.1, 0.15) is 19.3 Å². The van der Waals surface area contributed by atoms with E-state index >= 15 is 0 Å². The summed E-state index contributed by atoms with van der Waals surface area (Å²) in [7, 11) is 0. The number of hydrogen-bond donors (Lipinski definition) is 7. The van der Waals surface area contributed by atoms with E-state index in [9.17, 15) is 24.0 Å². The molecule has 0 aromatic heterocycles. The van der Waals surface area contributed by atoms with Gasteiger partial charge in [0.1, 0.15) is 18.6 Å². The Bertz CT molecular complexity index is 577. The van der Waals surface area contributed by atoms with Crippen LogP contribution in [-0.2, 0) is 24.0 Å². The fourth-order valence-electron chi connectivity index (χ4n) is 1.96. The summed E-state index contributed by atoms with van der Waals surface area (Å²) >= 11 is 5.36. The molecule has 0 aromatic carbocycles. The Balaban J connectivity index is 5.18. The van der Waals surface area contributed by atoms with Gasteiger partial charge in [0.2, 0.25) is 17.7 Å². The highest BCUT2D eigenvalue weighted by atomic mass is 32.2. The van der Waals surface area contributed by atoms with Crippen molar-refractivity contribution in [3.63, 3.8) is 0 Å². The monoisotopic (exact) mass is 438 g/mol. The van der Waals surface area contributed by atoms with Gasteiger partial charge >= 0.3 is 11.9 Å². The molecule has 0 heterocycles. The lowest BCUT2D eigenvalue weighted by Gasteiger charge is -2.23. The van der Waals surface area contributed by atoms with E-state index in [-0.39, 0.29) is 18.6 Å². The second-order valence-electron chi connectivity index (χ2n) is 5.74. The van der Waals surface area contributed by atoms with Crippen molar-refractivity contribution in [1.82, 2.24) is 16.0 Å². The minimum atomic E-state index is -1.29. The van der Waals surface area contributed by atoms with Crippen LogP contribution in [0.3, 0.4) is 0 Å². The number of nitrogens with one attached hydrogen (secondary N) is 3. The molecule has 0 bridgehead atoms. The van der Waals surface area contributed by atoms with Crippen molar-refractivity contribution < 1.29 is 34.2 Å². The third-order valence-corrected chi connectivity index (χ3v) is 4.51. The lowest BCUT2D eigenvalue weighted by molar-refractivity contribution is -0.140. The first-order valence-electron chi connectivity index (χ1n) is 8.29. The molecule has 11 nitrogen and oxygen atoms in total. The van der Waals surface area contributed by atoms with Crippen molar-refractivity contribution in [2.45, 2.75) is 37.4 Å². The van der Waals surface area contributed by atoms with Crippen molar-refractivity contribution in [2.24, 2.45) is 5.73 Å². The van der Waals surface area contributed by atoms with Gasteiger partial charge in [-0.05, 0) is 24.9 Å². The lowest BCUT2D eigenvalue weighted by Crippen LogP contribution is -2.56. The van der Waals surface area contributed by atoms with Crippen LogP contribution in [0.4, 0.5) is 0 Å². The van der Waals surface area contributed by atoms with Gasteiger partial charge in [0.15, 0.2) is 0 Å². The predicted molar refractivity (Wildman–Crippen MR) is 106 cm³/mol. The van der Waals surface area contributed by atoms with Gasteiger partial charge in [-0.2, -0.15) is 24.4 Å². The molecule has 0 aliphatic heterocycles. The normalized spacial score (nSPS) is 13.7. The number of carboxylic acid groups (broad SMARTS) is 2. The van der Waals surface area contributed by atoms with Gasteiger partial charge in [0, 0.05) is 12.2 Å². The molecular weight excluding hydrogens is 412 g/mol. The van der Waals surface area contributed by atoms with Gasteiger partial charge < -0.3 is 31.9 Å². The highest BCUT2D eigenvalue weighted by molar-refractivity contribution is 7.98. The maximum absolute atomic E-state index is 12.6. The Labute approximate surface area is 172 Å². The molecule has 3 amide bonds. The van der Waals surface area contributed by atoms with Crippen LogP contribution in [0.5, 0.6) is 0 Å². The largest absolute Gasteiger partial charge is 0.481 e. The van der Waals surface area contributed by atoms with E-state index in [2.05, 4.69) is 28.6 Å². The molecule has 0 fully saturated rings. The van der Waals surface area contributed by atoms with Crippen LogP contribution >= 0.6 is 24.4 Å². The van der Waals surface area contributed by atoms with Gasteiger partial charge in [0.05, 0.1) is 6.04 Å². The predicted octanol–water partition coefficient (Wildman–Crippen LogP) is -1.97. The zero-order valence-corrected chi connectivity index (χ0v) is 17.1. The summed E-state index contributed by atoms with van der Waals surface area (Å²) in [4.78, 5) is 58.0. The molecule has 0 radical (unpaired) electrons. The van der Waals surface area contributed by atoms with Crippen molar-refractivity contribution >= 4 is 54.1 Å². The van der Waals surface area contributed by atoms with E-state index in [1.54, 1.807) is 0 Å². The van der Waals surface area contributed by atoms with E-state index < -0.39 is 60.8 Å².